The Hall–Kier alpha value is -0.550. The van der Waals surface area contributed by atoms with Gasteiger partial charge in [0.05, 0.1) is 11.1 Å². The van der Waals surface area contributed by atoms with Crippen LogP contribution in [0, 0.1) is 5.92 Å². The first-order valence-corrected chi connectivity index (χ1v) is 5.73. The molecule has 0 radical (unpaired) electrons. The number of rotatable bonds is 4. The molecule has 0 aliphatic carbocycles. The predicted octanol–water partition coefficient (Wildman–Crippen LogP) is 0.958. The van der Waals surface area contributed by atoms with E-state index in [4.69, 9.17) is 10.8 Å². The number of aliphatic imine (C=N–C) groups is 1. The second-order valence-electron chi connectivity index (χ2n) is 3.54. The van der Waals surface area contributed by atoms with Gasteiger partial charge in [-0.3, -0.25) is 4.99 Å². The van der Waals surface area contributed by atoms with E-state index in [1.807, 2.05) is 0 Å². The van der Waals surface area contributed by atoms with Crippen molar-refractivity contribution in [1.82, 2.24) is 0 Å². The minimum Gasteiger partial charge on any atom is -0.480 e. The summed E-state index contributed by atoms with van der Waals surface area (Å²) in [5, 5.41) is 9.55. The van der Waals surface area contributed by atoms with Gasteiger partial charge in [-0.25, -0.2) is 4.79 Å². The highest BCUT2D eigenvalue weighted by atomic mass is 32.2. The molecule has 5 heteroatoms. The maximum Gasteiger partial charge on any atom is 0.329 e. The van der Waals surface area contributed by atoms with E-state index in [1.54, 1.807) is 0 Å². The first-order chi connectivity index (χ1) is 6.56. The zero-order valence-corrected chi connectivity index (χ0v) is 9.25. The number of hydrogen-bond acceptors (Lipinski definition) is 4. The molecule has 1 aliphatic heterocycles. The van der Waals surface area contributed by atoms with Gasteiger partial charge in [0.15, 0.2) is 6.04 Å². The van der Waals surface area contributed by atoms with Crippen LogP contribution in [0.5, 0.6) is 0 Å². The standard InChI is InChI=1S/C9H16N2O2S/c1-3-5(2)7(10)8-11-6(4-14-8)9(12)13/h5-7H,3-4,10H2,1-2H3,(H,12,13). The number of aliphatic carboxylic acids is 1. The summed E-state index contributed by atoms with van der Waals surface area (Å²) in [6.45, 7) is 4.13. The van der Waals surface area contributed by atoms with E-state index < -0.39 is 12.0 Å². The zero-order valence-electron chi connectivity index (χ0n) is 8.43. The third-order valence-electron chi connectivity index (χ3n) is 2.50. The lowest BCUT2D eigenvalue weighted by molar-refractivity contribution is -0.137. The van der Waals surface area contributed by atoms with Gasteiger partial charge in [-0.1, -0.05) is 20.3 Å². The van der Waals surface area contributed by atoms with Gasteiger partial charge in [-0.15, -0.1) is 11.8 Å². The van der Waals surface area contributed by atoms with Crippen molar-refractivity contribution in [3.8, 4) is 0 Å². The highest BCUT2D eigenvalue weighted by molar-refractivity contribution is 8.14. The molecule has 0 saturated heterocycles. The topological polar surface area (TPSA) is 75.7 Å². The van der Waals surface area contributed by atoms with Gasteiger partial charge in [0.2, 0.25) is 0 Å². The number of carboxylic acid groups (broad SMARTS) is 1. The van der Waals surface area contributed by atoms with E-state index in [0.717, 1.165) is 11.5 Å². The van der Waals surface area contributed by atoms with Gasteiger partial charge in [0, 0.05) is 5.75 Å². The molecule has 4 nitrogen and oxygen atoms in total. The van der Waals surface area contributed by atoms with Crippen LogP contribution in [0.3, 0.4) is 0 Å². The molecule has 3 unspecified atom stereocenters. The van der Waals surface area contributed by atoms with Gasteiger partial charge in [-0.2, -0.15) is 0 Å². The Kier molecular flexibility index (Phi) is 3.95. The molecule has 1 aliphatic rings. The first kappa shape index (κ1) is 11.5. The Morgan fingerprint density at radius 2 is 2.50 bits per heavy atom. The van der Waals surface area contributed by atoms with Gasteiger partial charge in [-0.05, 0) is 5.92 Å². The first-order valence-electron chi connectivity index (χ1n) is 4.75. The fraction of sp³-hybridized carbons (Fsp3) is 0.778. The number of nitrogens with zero attached hydrogens (tertiary/aromatic N) is 1. The molecular weight excluding hydrogens is 200 g/mol. The van der Waals surface area contributed by atoms with Crippen molar-refractivity contribution >= 4 is 22.8 Å². The molecule has 3 atom stereocenters. The van der Waals surface area contributed by atoms with E-state index in [0.29, 0.717) is 11.7 Å². The predicted molar refractivity (Wildman–Crippen MR) is 58.7 cm³/mol. The zero-order chi connectivity index (χ0) is 10.7. The molecule has 0 saturated carbocycles. The van der Waals surface area contributed by atoms with Gasteiger partial charge in [0.25, 0.3) is 0 Å². The Morgan fingerprint density at radius 3 is 2.93 bits per heavy atom. The fourth-order valence-electron chi connectivity index (χ4n) is 1.20. The Morgan fingerprint density at radius 1 is 1.86 bits per heavy atom. The summed E-state index contributed by atoms with van der Waals surface area (Å²) in [5.41, 5.74) is 5.95. The largest absolute Gasteiger partial charge is 0.480 e. The molecule has 14 heavy (non-hydrogen) atoms. The molecule has 1 heterocycles. The smallest absolute Gasteiger partial charge is 0.329 e. The van der Waals surface area contributed by atoms with Crippen molar-refractivity contribution in [3.63, 3.8) is 0 Å². The molecule has 0 aromatic heterocycles. The molecule has 0 amide bonds. The van der Waals surface area contributed by atoms with E-state index in [1.165, 1.54) is 11.8 Å². The molecule has 3 N–H and O–H groups in total. The number of nitrogens with two attached hydrogens (primary N) is 1. The van der Waals surface area contributed by atoms with E-state index >= 15 is 0 Å². The van der Waals surface area contributed by atoms with Crippen LogP contribution in [0.25, 0.3) is 0 Å². The van der Waals surface area contributed by atoms with Crippen molar-refractivity contribution in [1.29, 1.82) is 0 Å². The van der Waals surface area contributed by atoms with Crippen molar-refractivity contribution in [2.45, 2.75) is 32.4 Å². The van der Waals surface area contributed by atoms with Crippen LogP contribution in [0.2, 0.25) is 0 Å². The highest BCUT2D eigenvalue weighted by Crippen LogP contribution is 2.23. The van der Waals surface area contributed by atoms with Gasteiger partial charge < -0.3 is 10.8 Å². The molecule has 0 bridgehead atoms. The van der Waals surface area contributed by atoms with Gasteiger partial charge >= 0.3 is 5.97 Å². The normalized spacial score (nSPS) is 25.6. The quantitative estimate of drug-likeness (QED) is 0.734. The number of carbonyl (C=O) groups is 1. The van der Waals surface area contributed by atoms with Crippen LogP contribution < -0.4 is 5.73 Å². The Bertz CT molecular complexity index is 255. The second-order valence-corrected chi connectivity index (χ2v) is 4.58. The average Bonchev–Trinajstić information content (AvgIpc) is 2.64. The number of hydrogen-bond donors (Lipinski definition) is 2. The van der Waals surface area contributed by atoms with Crippen LogP contribution in [0.1, 0.15) is 20.3 Å². The van der Waals surface area contributed by atoms with E-state index in [2.05, 4.69) is 18.8 Å². The summed E-state index contributed by atoms with van der Waals surface area (Å²) in [5.74, 6) is 0.0204. The summed E-state index contributed by atoms with van der Waals surface area (Å²) in [4.78, 5) is 14.8. The Balaban J connectivity index is 2.62. The molecule has 0 spiro atoms. The monoisotopic (exact) mass is 216 g/mol. The lowest BCUT2D eigenvalue weighted by Gasteiger charge is -2.17. The number of carboxylic acids is 1. The third-order valence-corrected chi connectivity index (χ3v) is 3.66. The molecule has 80 valence electrons. The van der Waals surface area contributed by atoms with Crippen molar-refractivity contribution < 1.29 is 9.90 Å². The SMILES string of the molecule is CCC(C)C(N)C1=NC(C(=O)O)CS1. The van der Waals surface area contributed by atoms with Crippen LogP contribution in [-0.2, 0) is 4.79 Å². The van der Waals surface area contributed by atoms with E-state index in [-0.39, 0.29) is 6.04 Å². The molecule has 0 aromatic rings. The number of thioether (sulfide) groups is 1. The average molecular weight is 216 g/mol. The second kappa shape index (κ2) is 4.79. The molecular formula is C9H16N2O2S. The summed E-state index contributed by atoms with van der Waals surface area (Å²) >= 11 is 1.47. The summed E-state index contributed by atoms with van der Waals surface area (Å²) in [7, 11) is 0. The maximum absolute atomic E-state index is 10.6. The molecule has 0 fully saturated rings. The summed E-state index contributed by atoms with van der Waals surface area (Å²) in [6, 6.07) is -0.695. The highest BCUT2D eigenvalue weighted by Gasteiger charge is 2.28. The maximum atomic E-state index is 10.6. The molecule has 1 rings (SSSR count). The lowest BCUT2D eigenvalue weighted by atomic mass is 10.0. The lowest BCUT2D eigenvalue weighted by Crippen LogP contribution is -2.34. The third kappa shape index (κ3) is 2.48. The van der Waals surface area contributed by atoms with Crippen molar-refractivity contribution in [2.75, 3.05) is 5.75 Å². The summed E-state index contributed by atoms with van der Waals surface area (Å²) in [6.07, 6.45) is 0.985. The fourth-order valence-corrected chi connectivity index (χ4v) is 2.37. The Labute approximate surface area is 88.0 Å². The minimum absolute atomic E-state index is 0.102. The van der Waals surface area contributed by atoms with Gasteiger partial charge in [0.1, 0.15) is 0 Å². The van der Waals surface area contributed by atoms with E-state index in [9.17, 15) is 4.79 Å². The van der Waals surface area contributed by atoms with Crippen molar-refractivity contribution in [2.24, 2.45) is 16.6 Å². The van der Waals surface area contributed by atoms with Crippen LogP contribution in [-0.4, -0.2) is 34.0 Å². The summed E-state index contributed by atoms with van der Waals surface area (Å²) < 4.78 is 0. The van der Waals surface area contributed by atoms with Crippen LogP contribution in [0.4, 0.5) is 0 Å². The molecule has 0 aromatic carbocycles. The minimum atomic E-state index is -0.858. The van der Waals surface area contributed by atoms with Crippen molar-refractivity contribution in [3.05, 3.63) is 0 Å². The van der Waals surface area contributed by atoms with Crippen LogP contribution in [0.15, 0.2) is 4.99 Å². The van der Waals surface area contributed by atoms with Crippen LogP contribution >= 0.6 is 11.8 Å².